The molecule has 0 aromatic carbocycles. The van der Waals surface area contributed by atoms with Gasteiger partial charge < -0.3 is 9.64 Å². The Hall–Kier alpha value is 1.55. The van der Waals surface area contributed by atoms with Gasteiger partial charge in [0.1, 0.15) is 4.32 Å². The fraction of sp³-hybridized carbons (Fsp3) is 0.875. The number of nitrogens with zero attached hydrogens (tertiary/aromatic N) is 1. The lowest BCUT2D eigenvalue weighted by atomic mass is 10.5. The molecule has 1 rings (SSSR count). The van der Waals surface area contributed by atoms with E-state index in [1.54, 1.807) is 23.1 Å². The van der Waals surface area contributed by atoms with Crippen LogP contribution in [0.5, 0.6) is 0 Å². The molecule has 1 unspecified atom stereocenters. The number of ether oxygens (including phenoxy) is 1. The number of rotatable bonds is 4. The van der Waals surface area contributed by atoms with E-state index < -0.39 is 4.44 Å². The van der Waals surface area contributed by atoms with Crippen LogP contribution in [0, 0.1) is 0 Å². The fourth-order valence-electron chi connectivity index (χ4n) is 1.09. The number of morpholine rings is 1. The van der Waals surface area contributed by atoms with Crippen LogP contribution in [0.25, 0.3) is 0 Å². The monoisotopic (exact) mass is 333 g/mol. The Kier molecular flexibility index (Phi) is 7.68. The standard InChI is InChI=1S/C8H16NOPS5/c1-2-11(13,14)16-7-15-8(12)9-3-5-10-6-4-9/h2-7H2,1H3,(H,13,14). The van der Waals surface area contributed by atoms with Crippen LogP contribution in [0.2, 0.25) is 0 Å². The van der Waals surface area contributed by atoms with Crippen LogP contribution in [-0.2, 0) is 16.5 Å². The smallest absolute Gasteiger partial charge is 0.137 e. The molecular formula is C8H16NOPS5. The van der Waals surface area contributed by atoms with Crippen LogP contribution in [0.1, 0.15) is 6.92 Å². The van der Waals surface area contributed by atoms with E-state index in [1.807, 2.05) is 0 Å². The molecule has 1 atom stereocenters. The van der Waals surface area contributed by atoms with Crippen LogP contribution < -0.4 is 0 Å². The summed E-state index contributed by atoms with van der Waals surface area (Å²) in [5, 5.41) is 0.921. The Morgan fingerprint density at radius 1 is 1.50 bits per heavy atom. The van der Waals surface area contributed by atoms with Gasteiger partial charge in [-0.3, -0.25) is 0 Å². The first-order chi connectivity index (χ1) is 7.55. The lowest BCUT2D eigenvalue weighted by Crippen LogP contribution is -2.38. The first-order valence-electron chi connectivity index (χ1n) is 5.01. The van der Waals surface area contributed by atoms with Crippen molar-refractivity contribution in [2.45, 2.75) is 6.92 Å². The zero-order valence-electron chi connectivity index (χ0n) is 9.13. The minimum Gasteiger partial charge on any atom is -0.378 e. The molecule has 1 heterocycles. The number of thiol groups is 1. The zero-order valence-corrected chi connectivity index (χ0v) is 14.2. The molecule has 0 aliphatic carbocycles. The van der Waals surface area contributed by atoms with Gasteiger partial charge in [0.05, 0.1) is 22.7 Å². The van der Waals surface area contributed by atoms with Crippen molar-refractivity contribution < 1.29 is 4.74 Å². The number of hydrogen-bond donors (Lipinski definition) is 1. The molecule has 8 heteroatoms. The summed E-state index contributed by atoms with van der Waals surface area (Å²) < 4.78 is 4.81. The van der Waals surface area contributed by atoms with E-state index in [1.165, 1.54) is 0 Å². The van der Waals surface area contributed by atoms with E-state index in [-0.39, 0.29) is 0 Å². The van der Waals surface area contributed by atoms with E-state index in [9.17, 15) is 0 Å². The van der Waals surface area contributed by atoms with E-state index in [4.69, 9.17) is 28.8 Å². The van der Waals surface area contributed by atoms with E-state index >= 15 is 0 Å². The maximum Gasteiger partial charge on any atom is 0.137 e. The van der Waals surface area contributed by atoms with Crippen LogP contribution in [-0.4, -0.2) is 46.8 Å². The summed E-state index contributed by atoms with van der Waals surface area (Å²) in [4.78, 5) is 2.21. The third-order valence-corrected chi connectivity index (χ3v) is 11.9. The molecule has 1 saturated heterocycles. The molecule has 0 N–H and O–H groups in total. The Morgan fingerprint density at radius 2 is 2.12 bits per heavy atom. The van der Waals surface area contributed by atoms with Crippen molar-refractivity contribution in [3.05, 3.63) is 0 Å². The van der Waals surface area contributed by atoms with Crippen LogP contribution >= 0.6 is 52.1 Å². The highest BCUT2D eigenvalue weighted by Gasteiger charge is 2.15. The van der Waals surface area contributed by atoms with Crippen LogP contribution in [0.15, 0.2) is 0 Å². The van der Waals surface area contributed by atoms with Crippen molar-refractivity contribution in [2.75, 3.05) is 37.6 Å². The Bertz CT molecular complexity index is 282. The third kappa shape index (κ3) is 5.94. The van der Waals surface area contributed by atoms with Crippen molar-refractivity contribution in [3.63, 3.8) is 0 Å². The van der Waals surface area contributed by atoms with Gasteiger partial charge in [-0.05, 0) is 6.16 Å². The highest BCUT2D eigenvalue weighted by Crippen LogP contribution is 2.63. The predicted octanol–water partition coefficient (Wildman–Crippen LogP) is 3.29. The Balaban J connectivity index is 2.22. The van der Waals surface area contributed by atoms with Gasteiger partial charge in [-0.2, -0.15) is 0 Å². The van der Waals surface area contributed by atoms with Gasteiger partial charge in [-0.1, -0.05) is 42.7 Å². The third-order valence-electron chi connectivity index (χ3n) is 2.11. The molecule has 1 aliphatic rings. The fourth-order valence-corrected chi connectivity index (χ4v) is 8.46. The van der Waals surface area contributed by atoms with Crippen molar-refractivity contribution in [2.24, 2.45) is 0 Å². The maximum atomic E-state index is 5.40. The van der Waals surface area contributed by atoms with Gasteiger partial charge in [0, 0.05) is 13.1 Å². The molecule has 16 heavy (non-hydrogen) atoms. The van der Waals surface area contributed by atoms with Gasteiger partial charge in [-0.15, -0.1) is 23.6 Å². The first-order valence-corrected chi connectivity index (χ1v) is 12.1. The van der Waals surface area contributed by atoms with Crippen molar-refractivity contribution >= 4 is 68.2 Å². The van der Waals surface area contributed by atoms with Crippen LogP contribution in [0.3, 0.4) is 0 Å². The largest absolute Gasteiger partial charge is 0.378 e. The zero-order chi connectivity index (χ0) is 12.0. The first kappa shape index (κ1) is 15.6. The summed E-state index contributed by atoms with van der Waals surface area (Å²) in [7, 11) is 0. The quantitative estimate of drug-likeness (QED) is 0.364. The summed E-state index contributed by atoms with van der Waals surface area (Å²) in [5.74, 6) is 0. The summed E-state index contributed by atoms with van der Waals surface area (Å²) in [6.45, 7) is 5.51. The molecule has 0 saturated carbocycles. The Morgan fingerprint density at radius 3 is 2.69 bits per heavy atom. The summed E-state index contributed by atoms with van der Waals surface area (Å²) in [5.41, 5.74) is 0. The van der Waals surface area contributed by atoms with E-state index in [2.05, 4.69) is 24.1 Å². The Labute approximate surface area is 122 Å². The lowest BCUT2D eigenvalue weighted by Gasteiger charge is -2.28. The molecule has 94 valence electrons. The molecule has 0 amide bonds. The maximum absolute atomic E-state index is 5.40. The van der Waals surface area contributed by atoms with Crippen molar-refractivity contribution in [1.29, 1.82) is 0 Å². The molecule has 1 aliphatic heterocycles. The molecule has 1 fully saturated rings. The molecule has 0 aromatic heterocycles. The summed E-state index contributed by atoms with van der Waals surface area (Å²) in [6.07, 6.45) is 0.987. The van der Waals surface area contributed by atoms with Gasteiger partial charge in [0.2, 0.25) is 0 Å². The molecule has 0 bridgehead atoms. The average molecular weight is 334 g/mol. The van der Waals surface area contributed by atoms with Crippen molar-refractivity contribution in [1.82, 2.24) is 4.90 Å². The van der Waals surface area contributed by atoms with Crippen molar-refractivity contribution in [3.8, 4) is 0 Å². The molecule has 0 aromatic rings. The second-order valence-corrected chi connectivity index (χ2v) is 16.5. The van der Waals surface area contributed by atoms with Gasteiger partial charge in [0.25, 0.3) is 0 Å². The normalized spacial score (nSPS) is 20.5. The van der Waals surface area contributed by atoms with Crippen LogP contribution in [0.4, 0.5) is 0 Å². The highest BCUT2D eigenvalue weighted by molar-refractivity contribution is 8.97. The van der Waals surface area contributed by atoms with E-state index in [0.29, 0.717) is 0 Å². The molecular weight excluding hydrogens is 317 g/mol. The van der Waals surface area contributed by atoms with Gasteiger partial charge >= 0.3 is 0 Å². The SMILES string of the molecule is CCP(=S)(S)SCSC(=S)N1CCOCC1. The molecule has 0 radical (unpaired) electrons. The number of hydrogen-bond acceptors (Lipinski definition) is 5. The van der Waals surface area contributed by atoms with Gasteiger partial charge in [0.15, 0.2) is 0 Å². The summed E-state index contributed by atoms with van der Waals surface area (Å²) >= 11 is 18.8. The topological polar surface area (TPSA) is 12.5 Å². The highest BCUT2D eigenvalue weighted by atomic mass is 33.2. The van der Waals surface area contributed by atoms with E-state index in [0.717, 1.165) is 41.9 Å². The molecule has 0 spiro atoms. The number of thiocarbonyl (C=S) groups is 1. The summed E-state index contributed by atoms with van der Waals surface area (Å²) in [6, 6.07) is 0. The average Bonchev–Trinajstić information content (AvgIpc) is 2.30. The van der Waals surface area contributed by atoms with Gasteiger partial charge in [-0.25, -0.2) is 0 Å². The predicted molar refractivity (Wildman–Crippen MR) is 88.9 cm³/mol. The number of thioether (sulfide) groups is 1. The molecule has 2 nitrogen and oxygen atoms in total. The second-order valence-electron chi connectivity index (χ2n) is 3.21. The lowest BCUT2D eigenvalue weighted by molar-refractivity contribution is 0.0702. The minimum absolute atomic E-state index is 0.785. The second kappa shape index (κ2) is 7.87. The minimum atomic E-state index is -1.45.